The van der Waals surface area contributed by atoms with E-state index >= 15 is 0 Å². The van der Waals surface area contributed by atoms with Gasteiger partial charge in [0.2, 0.25) is 0 Å². The van der Waals surface area contributed by atoms with Crippen LogP contribution in [0.1, 0.15) is 0 Å². The monoisotopic (exact) mass is 300 g/mol. The number of hydrogen-bond donors (Lipinski definition) is 1. The van der Waals surface area contributed by atoms with E-state index in [1.54, 1.807) is 0 Å². The van der Waals surface area contributed by atoms with E-state index in [-0.39, 0.29) is 257 Å². The first-order valence-electron chi connectivity index (χ1n) is 0.565. The van der Waals surface area contributed by atoms with Gasteiger partial charge in [-0.1, -0.05) is 0 Å². The average molecular weight is 300 g/mol. The maximum atomic E-state index is 8.67. The van der Waals surface area contributed by atoms with E-state index in [0.29, 0.717) is 0 Å². The first-order chi connectivity index (χ1) is 1.73. The third-order valence-corrected chi connectivity index (χ3v) is 0. The fourth-order valence-electron chi connectivity index (χ4n) is 0. The molecule has 0 aliphatic heterocycles. The van der Waals surface area contributed by atoms with E-state index in [1.807, 2.05) is 0 Å². The summed E-state index contributed by atoms with van der Waals surface area (Å²) in [6.45, 7) is 0. The second kappa shape index (κ2) is 29.9. The molecular formula is H6K5O3V. The summed E-state index contributed by atoms with van der Waals surface area (Å²) in [6, 6.07) is 0. The Hall–Kier alpha value is 8.33. The van der Waals surface area contributed by atoms with Gasteiger partial charge < -0.3 is 0 Å². The van der Waals surface area contributed by atoms with Crippen LogP contribution >= 0.6 is 0 Å². The topological polar surface area (TPSA) is 54.4 Å². The van der Waals surface area contributed by atoms with Gasteiger partial charge in [0.1, 0.15) is 0 Å². The van der Waals surface area contributed by atoms with Gasteiger partial charge in [-0.3, -0.25) is 0 Å². The summed E-state index contributed by atoms with van der Waals surface area (Å²) in [5.41, 5.74) is 0. The van der Waals surface area contributed by atoms with Gasteiger partial charge in [0.05, 0.1) is 0 Å². The Morgan fingerprint density at radius 3 is 0.778 bits per heavy atom. The van der Waals surface area contributed by atoms with Crippen LogP contribution in [0.25, 0.3) is 0 Å². The van der Waals surface area contributed by atoms with Crippen LogP contribution in [0, 0.1) is 0 Å². The van der Waals surface area contributed by atoms with Gasteiger partial charge in [-0.15, -0.1) is 0 Å². The third kappa shape index (κ3) is 48.3. The zero-order valence-electron chi connectivity index (χ0n) is 1.71. The Morgan fingerprint density at radius 2 is 0.778 bits per heavy atom. The molecule has 1 N–H and O–H groups in total. The van der Waals surface area contributed by atoms with Gasteiger partial charge in [0, 0.05) is 0 Å². The Morgan fingerprint density at radius 1 is 0.778 bits per heavy atom. The molecule has 0 atom stereocenters. The molecule has 34 valence electrons. The summed E-state index contributed by atoms with van der Waals surface area (Å²) in [5, 5.41) is 0. The van der Waals surface area contributed by atoms with Gasteiger partial charge in [0.25, 0.3) is 0 Å². The van der Waals surface area contributed by atoms with Crippen molar-refractivity contribution in [2.75, 3.05) is 0 Å². The van der Waals surface area contributed by atoms with Crippen LogP contribution < -0.4 is 0 Å². The Bertz CT molecular complexity index is 60.6. The molecule has 0 bridgehead atoms. The van der Waals surface area contributed by atoms with Crippen molar-refractivity contribution in [3.05, 3.63) is 0 Å². The summed E-state index contributed by atoms with van der Waals surface area (Å²) in [6.07, 6.45) is 0. The van der Waals surface area contributed by atoms with Crippen molar-refractivity contribution >= 4 is 257 Å². The summed E-state index contributed by atoms with van der Waals surface area (Å²) in [4.78, 5) is 0. The van der Waals surface area contributed by atoms with Crippen molar-refractivity contribution in [2.45, 2.75) is 0 Å². The van der Waals surface area contributed by atoms with Gasteiger partial charge in [-0.05, 0) is 0 Å². The molecule has 0 radical (unpaired) electrons. The molecule has 3 nitrogen and oxygen atoms in total. The molecule has 0 unspecified atom stereocenters. The van der Waals surface area contributed by atoms with Gasteiger partial charge in [0.15, 0.2) is 0 Å². The Labute approximate surface area is 272 Å². The van der Waals surface area contributed by atoms with Crippen molar-refractivity contribution in [1.29, 1.82) is 0 Å². The predicted octanol–water partition coefficient (Wildman–Crippen LogP) is -4.04. The minimum atomic E-state index is -3.69. The molecule has 0 rings (SSSR count). The van der Waals surface area contributed by atoms with Crippen LogP contribution in [-0.4, -0.2) is 261 Å². The summed E-state index contributed by atoms with van der Waals surface area (Å²) >= 11 is -3.69. The number of hydrogen-bond acceptors (Lipinski definition) is 2. The van der Waals surface area contributed by atoms with E-state index in [4.69, 9.17) is 11.4 Å². The standard InChI is InChI=1S/5K.H2O.2O.V.5H/h;;;;;1H2;;;;;;;;/q;;;;;;;;+1;;;;;/p-1. The fraction of sp³-hybridized carbons (Fsp3) is 0. The van der Waals surface area contributed by atoms with E-state index in [1.165, 1.54) is 0 Å². The molecule has 0 saturated heterocycles. The molecule has 0 amide bonds. The Balaban J connectivity index is -0.00000000450. The molecule has 9 heteroatoms. The van der Waals surface area contributed by atoms with Crippen LogP contribution in [0.2, 0.25) is 0 Å². The molecule has 0 aromatic rings. The predicted molar refractivity (Wildman–Crippen MR) is 39.3 cm³/mol. The minimum absolute atomic E-state index is 0. The molecule has 0 aromatic heterocycles. The van der Waals surface area contributed by atoms with Crippen molar-refractivity contribution in [1.82, 2.24) is 0 Å². The van der Waals surface area contributed by atoms with Crippen LogP contribution in [-0.2, 0) is 22.7 Å². The second-order valence-corrected chi connectivity index (χ2v) is 0.981. The third-order valence-electron chi connectivity index (χ3n) is 0. The maximum absolute atomic E-state index is 8.67. The average Bonchev–Trinajstić information content (AvgIpc) is 0.811. The van der Waals surface area contributed by atoms with Crippen molar-refractivity contribution in [2.24, 2.45) is 0 Å². The van der Waals surface area contributed by atoms with E-state index in [9.17, 15) is 0 Å². The van der Waals surface area contributed by atoms with Gasteiger partial charge >= 0.3 is 284 Å². The van der Waals surface area contributed by atoms with E-state index in [2.05, 4.69) is 0 Å². The summed E-state index contributed by atoms with van der Waals surface area (Å²) in [5.74, 6) is 0. The first kappa shape index (κ1) is 36.0. The van der Waals surface area contributed by atoms with Crippen molar-refractivity contribution < 1.29 is 26.8 Å². The normalized spacial score (nSPS) is 2.78. The molecule has 9 heavy (non-hydrogen) atoms. The van der Waals surface area contributed by atoms with Crippen molar-refractivity contribution in [3.8, 4) is 0 Å². The first-order valence-corrected chi connectivity index (χ1v) is 2.33. The molecule has 0 saturated carbocycles. The van der Waals surface area contributed by atoms with E-state index < -0.39 is 15.4 Å². The molecular weight excluding hydrogens is 294 g/mol. The molecule has 0 fully saturated rings. The second-order valence-electron chi connectivity index (χ2n) is 0.238. The number of rotatable bonds is 0. The SMILES string of the molecule is [KH].[KH].[KH].[KH].[KH].[O]=[V](=[O])[OH]. The molecule has 0 spiro atoms. The van der Waals surface area contributed by atoms with Crippen LogP contribution in [0.4, 0.5) is 0 Å². The zero-order valence-corrected chi connectivity index (χ0v) is 3.11. The quantitative estimate of drug-likeness (QED) is 0.464. The molecule has 0 aliphatic rings. The molecule has 0 aliphatic carbocycles. The van der Waals surface area contributed by atoms with Crippen LogP contribution in [0.15, 0.2) is 0 Å². The van der Waals surface area contributed by atoms with Crippen LogP contribution in [0.3, 0.4) is 0 Å². The van der Waals surface area contributed by atoms with Crippen LogP contribution in [0.5, 0.6) is 0 Å². The van der Waals surface area contributed by atoms with Gasteiger partial charge in [-0.2, -0.15) is 0 Å². The van der Waals surface area contributed by atoms with Gasteiger partial charge in [-0.25, -0.2) is 0 Å². The Kier molecular flexibility index (Phi) is 120. The van der Waals surface area contributed by atoms with E-state index in [0.717, 1.165) is 0 Å². The van der Waals surface area contributed by atoms with Crippen molar-refractivity contribution in [3.63, 3.8) is 0 Å². The molecule has 0 aromatic carbocycles. The molecule has 0 heterocycles. The zero-order chi connectivity index (χ0) is 3.58. The summed E-state index contributed by atoms with van der Waals surface area (Å²) in [7, 11) is 0. The summed E-state index contributed by atoms with van der Waals surface area (Å²) < 4.78 is 24.4. The fourth-order valence-corrected chi connectivity index (χ4v) is 0.